The number of rotatable bonds is 3. The predicted octanol–water partition coefficient (Wildman–Crippen LogP) is 1.26. The molecule has 0 saturated carbocycles. The number of hydrogen-bond acceptors (Lipinski definition) is 3. The van der Waals surface area contributed by atoms with E-state index in [1.54, 1.807) is 18.3 Å². The van der Waals surface area contributed by atoms with Gasteiger partial charge in [-0.25, -0.2) is 4.98 Å². The van der Waals surface area contributed by atoms with Crippen LogP contribution in [-0.4, -0.2) is 11.5 Å². The molecule has 1 aromatic rings. The third kappa shape index (κ3) is 2.29. The third-order valence-electron chi connectivity index (χ3n) is 1.23. The lowest BCUT2D eigenvalue weighted by Crippen LogP contribution is -1.99. The highest BCUT2D eigenvalue weighted by molar-refractivity contribution is 5.49. The lowest BCUT2D eigenvalue weighted by atomic mass is 10.4. The smallest absolute Gasteiger partial charge is 0.125 e. The number of nitrogens with zero attached hydrogens (tertiary/aromatic N) is 1. The van der Waals surface area contributed by atoms with E-state index in [0.29, 0.717) is 5.82 Å². The van der Waals surface area contributed by atoms with E-state index in [1.165, 1.54) is 0 Å². The summed E-state index contributed by atoms with van der Waals surface area (Å²) in [6.07, 6.45) is 3.46. The summed E-state index contributed by atoms with van der Waals surface area (Å²) in [5.74, 6) is 0.527. The summed E-state index contributed by atoms with van der Waals surface area (Å²) < 4.78 is 0. The fourth-order valence-corrected chi connectivity index (χ4v) is 0.748. The molecule has 0 amide bonds. The second-order valence-electron chi connectivity index (χ2n) is 2.14. The van der Waals surface area contributed by atoms with Crippen LogP contribution < -0.4 is 11.1 Å². The maximum absolute atomic E-state index is 5.45. The van der Waals surface area contributed by atoms with Crippen LogP contribution in [0.1, 0.15) is 0 Å². The molecular weight excluding hydrogens is 138 g/mol. The number of aromatic nitrogens is 1. The molecule has 0 atom stereocenters. The molecule has 58 valence electrons. The van der Waals surface area contributed by atoms with Gasteiger partial charge in [0.1, 0.15) is 5.82 Å². The molecule has 3 N–H and O–H groups in total. The minimum atomic E-state index is 0.527. The monoisotopic (exact) mass is 149 g/mol. The van der Waals surface area contributed by atoms with Crippen molar-refractivity contribution in [1.29, 1.82) is 0 Å². The van der Waals surface area contributed by atoms with Crippen molar-refractivity contribution in [3.63, 3.8) is 0 Å². The first-order valence-electron chi connectivity index (χ1n) is 3.39. The van der Waals surface area contributed by atoms with Gasteiger partial charge in [-0.05, 0) is 6.07 Å². The molecule has 0 unspecified atom stereocenters. The highest BCUT2D eigenvalue weighted by atomic mass is 14.9. The molecule has 0 aliphatic rings. The molecule has 1 rings (SSSR count). The topological polar surface area (TPSA) is 50.9 Å². The van der Waals surface area contributed by atoms with Gasteiger partial charge >= 0.3 is 0 Å². The van der Waals surface area contributed by atoms with Gasteiger partial charge in [0.25, 0.3) is 0 Å². The average molecular weight is 149 g/mol. The largest absolute Gasteiger partial charge is 0.384 e. The summed E-state index contributed by atoms with van der Waals surface area (Å²) >= 11 is 0. The van der Waals surface area contributed by atoms with Gasteiger partial charge in [0, 0.05) is 24.5 Å². The highest BCUT2D eigenvalue weighted by Gasteiger charge is 1.89. The summed E-state index contributed by atoms with van der Waals surface area (Å²) in [6, 6.07) is 3.64. The average Bonchev–Trinajstić information content (AvgIpc) is 2.01. The van der Waals surface area contributed by atoms with Gasteiger partial charge in [-0.3, -0.25) is 0 Å². The number of anilines is 2. The van der Waals surface area contributed by atoms with Gasteiger partial charge < -0.3 is 11.1 Å². The molecule has 0 spiro atoms. The van der Waals surface area contributed by atoms with Crippen LogP contribution in [0.2, 0.25) is 0 Å². The normalized spacial score (nSPS) is 9.09. The van der Waals surface area contributed by atoms with Crippen molar-refractivity contribution < 1.29 is 0 Å². The van der Waals surface area contributed by atoms with Gasteiger partial charge in [-0.2, -0.15) is 0 Å². The van der Waals surface area contributed by atoms with Crippen molar-refractivity contribution >= 4 is 11.5 Å². The number of pyridine rings is 1. The molecule has 11 heavy (non-hydrogen) atoms. The first-order chi connectivity index (χ1) is 5.33. The quantitative estimate of drug-likeness (QED) is 0.636. The Morgan fingerprint density at radius 1 is 1.73 bits per heavy atom. The van der Waals surface area contributed by atoms with Crippen LogP contribution in [0.4, 0.5) is 11.5 Å². The van der Waals surface area contributed by atoms with Gasteiger partial charge in [-0.15, -0.1) is 6.58 Å². The minimum absolute atomic E-state index is 0.527. The Labute approximate surface area is 65.9 Å². The summed E-state index contributed by atoms with van der Waals surface area (Å²) in [5, 5.41) is 3.10. The van der Waals surface area contributed by atoms with Crippen molar-refractivity contribution in [2.24, 2.45) is 0 Å². The fraction of sp³-hybridized carbons (Fsp3) is 0.125. The van der Waals surface area contributed by atoms with Crippen LogP contribution in [0, 0.1) is 0 Å². The molecular formula is C8H11N3. The van der Waals surface area contributed by atoms with E-state index < -0.39 is 0 Å². The van der Waals surface area contributed by atoms with E-state index in [0.717, 1.165) is 12.2 Å². The zero-order chi connectivity index (χ0) is 8.10. The molecule has 0 aliphatic carbocycles. The summed E-state index contributed by atoms with van der Waals surface area (Å²) in [6.45, 7) is 4.33. The van der Waals surface area contributed by atoms with E-state index in [4.69, 9.17) is 5.73 Å². The fourth-order valence-electron chi connectivity index (χ4n) is 0.748. The van der Waals surface area contributed by atoms with Gasteiger partial charge in [0.15, 0.2) is 0 Å². The third-order valence-corrected chi connectivity index (χ3v) is 1.23. The molecule has 3 nitrogen and oxygen atoms in total. The van der Waals surface area contributed by atoms with Crippen molar-refractivity contribution in [3.05, 3.63) is 31.0 Å². The Bertz CT molecular complexity index is 245. The Morgan fingerprint density at radius 3 is 3.18 bits per heavy atom. The molecule has 0 bridgehead atoms. The Balaban J connectivity index is 2.63. The zero-order valence-corrected chi connectivity index (χ0v) is 6.25. The van der Waals surface area contributed by atoms with Crippen LogP contribution >= 0.6 is 0 Å². The van der Waals surface area contributed by atoms with E-state index in [9.17, 15) is 0 Å². The first kappa shape index (κ1) is 7.60. The summed E-state index contributed by atoms with van der Waals surface area (Å²) in [4.78, 5) is 3.86. The molecule has 1 aromatic heterocycles. The number of nitrogens with two attached hydrogens (primary N) is 1. The Kier molecular flexibility index (Phi) is 2.49. The first-order valence-corrected chi connectivity index (χ1v) is 3.39. The van der Waals surface area contributed by atoms with Crippen molar-refractivity contribution in [3.8, 4) is 0 Å². The SMILES string of the molecule is C=CCNc1ccnc(N)c1. The van der Waals surface area contributed by atoms with E-state index in [2.05, 4.69) is 16.9 Å². The molecule has 1 heterocycles. The lowest BCUT2D eigenvalue weighted by molar-refractivity contribution is 1.29. The maximum Gasteiger partial charge on any atom is 0.125 e. The van der Waals surface area contributed by atoms with Crippen LogP contribution in [0.5, 0.6) is 0 Å². The Morgan fingerprint density at radius 2 is 2.55 bits per heavy atom. The van der Waals surface area contributed by atoms with Crippen LogP contribution in [0.15, 0.2) is 31.0 Å². The number of nitrogen functional groups attached to an aromatic ring is 1. The molecule has 0 fully saturated rings. The van der Waals surface area contributed by atoms with E-state index in [1.807, 2.05) is 6.07 Å². The highest BCUT2D eigenvalue weighted by Crippen LogP contribution is 2.07. The summed E-state index contributed by atoms with van der Waals surface area (Å²) in [7, 11) is 0. The Hall–Kier alpha value is -1.51. The number of hydrogen-bond donors (Lipinski definition) is 2. The molecule has 0 radical (unpaired) electrons. The van der Waals surface area contributed by atoms with E-state index >= 15 is 0 Å². The predicted molar refractivity (Wildman–Crippen MR) is 47.3 cm³/mol. The maximum atomic E-state index is 5.45. The van der Waals surface area contributed by atoms with Crippen LogP contribution in [0.3, 0.4) is 0 Å². The van der Waals surface area contributed by atoms with Gasteiger partial charge in [0.2, 0.25) is 0 Å². The molecule has 0 saturated heterocycles. The van der Waals surface area contributed by atoms with Crippen molar-refractivity contribution in [2.75, 3.05) is 17.6 Å². The minimum Gasteiger partial charge on any atom is -0.384 e. The summed E-state index contributed by atoms with van der Waals surface area (Å²) in [5.41, 5.74) is 6.42. The van der Waals surface area contributed by atoms with E-state index in [-0.39, 0.29) is 0 Å². The standard InChI is InChI=1S/C8H11N3/c1-2-4-10-7-3-5-11-8(9)6-7/h2-3,5-6H,1,4H2,(H3,9,10,11). The van der Waals surface area contributed by atoms with Crippen molar-refractivity contribution in [2.45, 2.75) is 0 Å². The molecule has 0 aliphatic heterocycles. The molecule has 3 heteroatoms. The van der Waals surface area contributed by atoms with Gasteiger partial charge in [-0.1, -0.05) is 6.08 Å². The number of nitrogens with one attached hydrogen (secondary N) is 1. The second kappa shape index (κ2) is 3.61. The van der Waals surface area contributed by atoms with Crippen molar-refractivity contribution in [1.82, 2.24) is 4.98 Å². The van der Waals surface area contributed by atoms with Gasteiger partial charge in [0.05, 0.1) is 0 Å². The lowest BCUT2D eigenvalue weighted by Gasteiger charge is -2.01. The zero-order valence-electron chi connectivity index (χ0n) is 6.25. The second-order valence-corrected chi connectivity index (χ2v) is 2.14. The van der Waals surface area contributed by atoms with Crippen LogP contribution in [-0.2, 0) is 0 Å². The molecule has 0 aromatic carbocycles. The van der Waals surface area contributed by atoms with Crippen LogP contribution in [0.25, 0.3) is 0 Å².